The van der Waals surface area contributed by atoms with Crippen LogP contribution in [0.2, 0.25) is 0 Å². The number of hydrogen-bond acceptors (Lipinski definition) is 6. The minimum absolute atomic E-state index is 0.0101. The highest BCUT2D eigenvalue weighted by Crippen LogP contribution is 2.36. The summed E-state index contributed by atoms with van der Waals surface area (Å²) < 4.78 is 29.7. The van der Waals surface area contributed by atoms with E-state index in [1.165, 1.54) is 0 Å². The van der Waals surface area contributed by atoms with Crippen molar-refractivity contribution >= 4 is 38.9 Å². The van der Waals surface area contributed by atoms with Gasteiger partial charge in [0, 0.05) is 18.3 Å². The van der Waals surface area contributed by atoms with Crippen LogP contribution in [0.3, 0.4) is 0 Å². The zero-order chi connectivity index (χ0) is 28.6. The van der Waals surface area contributed by atoms with Crippen LogP contribution in [0.4, 0.5) is 21.9 Å². The average Bonchev–Trinajstić information content (AvgIpc) is 2.87. The Hall–Kier alpha value is -3.27. The number of rotatable bonds is 12. The van der Waals surface area contributed by atoms with E-state index in [1.54, 1.807) is 24.3 Å². The maximum atomic E-state index is 13.1. The van der Waals surface area contributed by atoms with E-state index < -0.39 is 21.8 Å². The monoisotopic (exact) mass is 559 g/mol. The number of carbonyl (C=O) groups excluding carboxylic acids is 1. The van der Waals surface area contributed by atoms with Crippen LogP contribution >= 0.6 is 0 Å². The predicted octanol–water partition coefficient (Wildman–Crippen LogP) is 5.74. The molecule has 1 saturated heterocycles. The SMILES string of the molecule is CCOc1ccc(NC(=O)Nc2cc(C(CC)CC(=O)O)ccc2N(CC(C)C)C2CCS(=O)(=O)CC2)cc1. The minimum atomic E-state index is -3.03. The first kappa shape index (κ1) is 30.3. The van der Waals surface area contributed by atoms with Crippen molar-refractivity contribution in [1.82, 2.24) is 0 Å². The first-order valence-electron chi connectivity index (χ1n) is 13.6. The van der Waals surface area contributed by atoms with Gasteiger partial charge in [0.15, 0.2) is 0 Å². The molecule has 3 N–H and O–H groups in total. The molecule has 0 radical (unpaired) electrons. The van der Waals surface area contributed by atoms with Gasteiger partial charge in [0.1, 0.15) is 15.6 Å². The molecule has 3 rings (SSSR count). The van der Waals surface area contributed by atoms with Crippen molar-refractivity contribution in [3.63, 3.8) is 0 Å². The lowest BCUT2D eigenvalue weighted by molar-refractivity contribution is -0.137. The van der Waals surface area contributed by atoms with Gasteiger partial charge in [0.2, 0.25) is 0 Å². The van der Waals surface area contributed by atoms with Gasteiger partial charge in [0.05, 0.1) is 35.9 Å². The summed E-state index contributed by atoms with van der Waals surface area (Å²) in [7, 11) is -3.03. The van der Waals surface area contributed by atoms with Crippen LogP contribution in [-0.4, -0.2) is 56.2 Å². The maximum absolute atomic E-state index is 13.1. The van der Waals surface area contributed by atoms with E-state index >= 15 is 0 Å². The van der Waals surface area contributed by atoms with Crippen molar-refractivity contribution in [3.8, 4) is 5.75 Å². The standard InChI is InChI=1S/C29H41N3O6S/c1-5-21(18-28(33)34)22-7-12-27(32(19-20(3)4)24-13-15-39(36,37)16-14-24)26(17-22)31-29(35)30-23-8-10-25(11-9-23)38-6-2/h7-12,17,20-21,24H,5-6,13-16,18-19H2,1-4H3,(H,33,34)(H2,30,31,35). The highest BCUT2D eigenvalue weighted by Gasteiger charge is 2.30. The molecule has 1 heterocycles. The average molecular weight is 560 g/mol. The number of ether oxygens (including phenoxy) is 1. The molecule has 10 heteroatoms. The Kier molecular flexibility index (Phi) is 10.6. The van der Waals surface area contributed by atoms with Gasteiger partial charge in [-0.25, -0.2) is 13.2 Å². The van der Waals surface area contributed by atoms with Gasteiger partial charge in [-0.1, -0.05) is 26.8 Å². The summed E-state index contributed by atoms with van der Waals surface area (Å²) in [5, 5.41) is 15.3. The number of sulfone groups is 1. The molecule has 2 amide bonds. The third-order valence-electron chi connectivity index (χ3n) is 6.91. The summed E-state index contributed by atoms with van der Waals surface area (Å²) in [5.41, 5.74) is 2.79. The summed E-state index contributed by atoms with van der Waals surface area (Å²) >= 11 is 0. The van der Waals surface area contributed by atoms with Crippen LogP contribution in [0, 0.1) is 5.92 Å². The number of nitrogens with zero attached hydrogens (tertiary/aromatic N) is 1. The second-order valence-electron chi connectivity index (χ2n) is 10.4. The Labute approximate surface area is 231 Å². The van der Waals surface area contributed by atoms with Crippen molar-refractivity contribution in [3.05, 3.63) is 48.0 Å². The third kappa shape index (κ3) is 8.88. The summed E-state index contributed by atoms with van der Waals surface area (Å²) in [5.74, 6) is 0.206. The summed E-state index contributed by atoms with van der Waals surface area (Å²) in [6, 6.07) is 12.4. The number of amides is 2. The van der Waals surface area contributed by atoms with Gasteiger partial charge < -0.3 is 25.4 Å². The number of carboxylic acid groups (broad SMARTS) is 1. The van der Waals surface area contributed by atoms with E-state index in [9.17, 15) is 23.1 Å². The number of aliphatic carboxylic acids is 1. The van der Waals surface area contributed by atoms with Crippen molar-refractivity contribution in [2.75, 3.05) is 40.2 Å². The van der Waals surface area contributed by atoms with Gasteiger partial charge in [-0.15, -0.1) is 0 Å². The fourth-order valence-electron chi connectivity index (χ4n) is 4.98. The molecule has 0 bridgehead atoms. The van der Waals surface area contributed by atoms with E-state index in [0.29, 0.717) is 55.5 Å². The van der Waals surface area contributed by atoms with E-state index in [-0.39, 0.29) is 29.9 Å². The fourth-order valence-corrected chi connectivity index (χ4v) is 6.45. The number of anilines is 3. The third-order valence-corrected chi connectivity index (χ3v) is 8.63. The lowest BCUT2D eigenvalue weighted by Gasteiger charge is -2.38. The largest absolute Gasteiger partial charge is 0.494 e. The van der Waals surface area contributed by atoms with Crippen molar-refractivity contribution < 1.29 is 27.9 Å². The van der Waals surface area contributed by atoms with Crippen LogP contribution in [-0.2, 0) is 14.6 Å². The van der Waals surface area contributed by atoms with Crippen LogP contribution in [0.15, 0.2) is 42.5 Å². The molecule has 39 heavy (non-hydrogen) atoms. The van der Waals surface area contributed by atoms with Gasteiger partial charge in [-0.05, 0) is 80.0 Å². The maximum Gasteiger partial charge on any atom is 0.323 e. The van der Waals surface area contributed by atoms with E-state index in [1.807, 2.05) is 32.0 Å². The number of nitrogens with one attached hydrogen (secondary N) is 2. The first-order chi connectivity index (χ1) is 18.5. The number of carboxylic acids is 1. The van der Waals surface area contributed by atoms with Gasteiger partial charge >= 0.3 is 12.0 Å². The molecular formula is C29H41N3O6S. The molecule has 0 aliphatic carbocycles. The molecular weight excluding hydrogens is 518 g/mol. The number of carbonyl (C=O) groups is 2. The van der Waals surface area contributed by atoms with Gasteiger partial charge in [-0.2, -0.15) is 0 Å². The summed E-state index contributed by atoms with van der Waals surface area (Å²) in [6.07, 6.45) is 1.67. The van der Waals surface area contributed by atoms with E-state index in [0.717, 1.165) is 11.3 Å². The van der Waals surface area contributed by atoms with E-state index in [4.69, 9.17) is 4.74 Å². The zero-order valence-corrected chi connectivity index (χ0v) is 24.1. The summed E-state index contributed by atoms with van der Waals surface area (Å²) in [4.78, 5) is 26.8. The van der Waals surface area contributed by atoms with Gasteiger partial charge in [-0.3, -0.25) is 4.79 Å². The molecule has 9 nitrogen and oxygen atoms in total. The molecule has 1 aliphatic heterocycles. The molecule has 0 saturated carbocycles. The van der Waals surface area contributed by atoms with Crippen molar-refractivity contribution in [1.29, 1.82) is 0 Å². The highest BCUT2D eigenvalue weighted by atomic mass is 32.2. The molecule has 0 spiro atoms. The zero-order valence-electron chi connectivity index (χ0n) is 23.3. The van der Waals surface area contributed by atoms with Crippen molar-refractivity contribution in [2.45, 2.75) is 65.3 Å². The molecule has 1 fully saturated rings. The Morgan fingerprint density at radius 1 is 1.05 bits per heavy atom. The van der Waals surface area contributed by atoms with E-state index in [2.05, 4.69) is 29.4 Å². The molecule has 2 aromatic carbocycles. The number of hydrogen-bond donors (Lipinski definition) is 3. The molecule has 1 atom stereocenters. The molecule has 214 valence electrons. The Bertz CT molecular complexity index is 1220. The second-order valence-corrected chi connectivity index (χ2v) is 12.7. The Morgan fingerprint density at radius 2 is 1.72 bits per heavy atom. The minimum Gasteiger partial charge on any atom is -0.494 e. The number of benzene rings is 2. The van der Waals surface area contributed by atoms with Crippen molar-refractivity contribution in [2.24, 2.45) is 5.92 Å². The molecule has 1 unspecified atom stereocenters. The lowest BCUT2D eigenvalue weighted by atomic mass is 9.92. The number of urea groups is 1. The predicted molar refractivity (Wildman–Crippen MR) is 156 cm³/mol. The van der Waals surface area contributed by atoms with Crippen LogP contribution < -0.4 is 20.3 Å². The molecule has 1 aliphatic rings. The summed E-state index contributed by atoms with van der Waals surface area (Å²) in [6.45, 7) is 9.29. The smallest absolute Gasteiger partial charge is 0.323 e. The fraction of sp³-hybridized carbons (Fsp3) is 0.517. The highest BCUT2D eigenvalue weighted by molar-refractivity contribution is 7.91. The van der Waals surface area contributed by atoms with Crippen LogP contribution in [0.25, 0.3) is 0 Å². The quantitative estimate of drug-likeness (QED) is 0.303. The normalized spacial score (nSPS) is 15.9. The second kappa shape index (κ2) is 13.7. The Balaban J connectivity index is 1.95. The molecule has 2 aromatic rings. The van der Waals surface area contributed by atoms with Crippen LogP contribution in [0.1, 0.15) is 64.9 Å². The van der Waals surface area contributed by atoms with Crippen LogP contribution in [0.5, 0.6) is 5.75 Å². The lowest BCUT2D eigenvalue weighted by Crippen LogP contribution is -2.43. The molecule has 0 aromatic heterocycles. The topological polar surface area (TPSA) is 125 Å². The Morgan fingerprint density at radius 3 is 2.28 bits per heavy atom. The van der Waals surface area contributed by atoms with Gasteiger partial charge in [0.25, 0.3) is 0 Å². The first-order valence-corrected chi connectivity index (χ1v) is 15.5.